The van der Waals surface area contributed by atoms with Crippen molar-refractivity contribution in [2.24, 2.45) is 0 Å². The molecule has 2 rings (SSSR count). The van der Waals surface area contributed by atoms with Gasteiger partial charge in [-0.2, -0.15) is 0 Å². The van der Waals surface area contributed by atoms with Gasteiger partial charge in [-0.15, -0.1) is 0 Å². The third-order valence-electron chi connectivity index (χ3n) is 2.65. The molecule has 0 aliphatic heterocycles. The average Bonchev–Trinajstić information content (AvgIpc) is 2.64. The summed E-state index contributed by atoms with van der Waals surface area (Å²) in [7, 11) is 1.67. The van der Waals surface area contributed by atoms with Gasteiger partial charge in [0, 0.05) is 30.8 Å². The Balaban J connectivity index is 2.51. The molecule has 0 atom stereocenters. The van der Waals surface area contributed by atoms with E-state index >= 15 is 0 Å². The van der Waals surface area contributed by atoms with Gasteiger partial charge in [-0.25, -0.2) is 4.39 Å². The van der Waals surface area contributed by atoms with Crippen LogP contribution in [0.4, 0.5) is 4.39 Å². The molecule has 0 spiro atoms. The van der Waals surface area contributed by atoms with Crippen molar-refractivity contribution in [3.05, 3.63) is 35.8 Å². The van der Waals surface area contributed by atoms with E-state index in [0.717, 1.165) is 17.4 Å². The number of hydrogen-bond donors (Lipinski definition) is 0. The lowest BCUT2D eigenvalue weighted by Gasteiger charge is -2.07. The van der Waals surface area contributed by atoms with Gasteiger partial charge in [0.05, 0.1) is 12.1 Å². The van der Waals surface area contributed by atoms with Crippen molar-refractivity contribution < 1.29 is 9.13 Å². The van der Waals surface area contributed by atoms with Crippen molar-refractivity contribution in [2.45, 2.75) is 13.5 Å². The van der Waals surface area contributed by atoms with Gasteiger partial charge >= 0.3 is 0 Å². The van der Waals surface area contributed by atoms with Gasteiger partial charge in [0.1, 0.15) is 5.82 Å². The number of ether oxygens (including phenoxy) is 1. The van der Waals surface area contributed by atoms with Crippen LogP contribution in [0.15, 0.2) is 24.4 Å². The van der Waals surface area contributed by atoms with Crippen molar-refractivity contribution >= 4 is 10.9 Å². The number of hydrogen-bond acceptors (Lipinski definition) is 1. The monoisotopic (exact) mass is 207 g/mol. The highest BCUT2D eigenvalue weighted by molar-refractivity contribution is 5.83. The largest absolute Gasteiger partial charge is 0.383 e. The van der Waals surface area contributed by atoms with E-state index in [2.05, 4.69) is 0 Å². The fourth-order valence-electron chi connectivity index (χ4n) is 1.83. The normalized spacial score (nSPS) is 11.1. The first-order valence-electron chi connectivity index (χ1n) is 4.97. The molecule has 3 heteroatoms. The molecule has 0 aliphatic rings. The van der Waals surface area contributed by atoms with Gasteiger partial charge in [0.15, 0.2) is 0 Å². The predicted molar refractivity (Wildman–Crippen MR) is 58.5 cm³/mol. The Morgan fingerprint density at radius 2 is 2.13 bits per heavy atom. The molecule has 0 fully saturated rings. The summed E-state index contributed by atoms with van der Waals surface area (Å²) in [5.74, 6) is -0.153. The van der Waals surface area contributed by atoms with Crippen LogP contribution in [0.5, 0.6) is 0 Å². The van der Waals surface area contributed by atoms with Gasteiger partial charge in [0.2, 0.25) is 0 Å². The minimum Gasteiger partial charge on any atom is -0.383 e. The third-order valence-corrected chi connectivity index (χ3v) is 2.65. The summed E-state index contributed by atoms with van der Waals surface area (Å²) in [5.41, 5.74) is 1.67. The van der Waals surface area contributed by atoms with Crippen molar-refractivity contribution in [1.29, 1.82) is 0 Å². The van der Waals surface area contributed by atoms with Crippen molar-refractivity contribution in [3.63, 3.8) is 0 Å². The lowest BCUT2D eigenvalue weighted by molar-refractivity contribution is 0.188. The van der Waals surface area contributed by atoms with Gasteiger partial charge in [-0.1, -0.05) is 0 Å². The number of benzene rings is 1. The maximum absolute atomic E-state index is 13.4. The fourth-order valence-corrected chi connectivity index (χ4v) is 1.83. The highest BCUT2D eigenvalue weighted by atomic mass is 19.1. The summed E-state index contributed by atoms with van der Waals surface area (Å²) in [6.07, 6.45) is 1.97. The number of aryl methyl sites for hydroxylation is 1. The summed E-state index contributed by atoms with van der Waals surface area (Å²) in [5, 5.41) is 1.07. The average molecular weight is 207 g/mol. The lowest BCUT2D eigenvalue weighted by atomic mass is 10.1. The zero-order valence-corrected chi connectivity index (χ0v) is 8.96. The number of aromatic nitrogens is 1. The van der Waals surface area contributed by atoms with Crippen molar-refractivity contribution in [3.8, 4) is 0 Å². The van der Waals surface area contributed by atoms with Gasteiger partial charge in [-0.05, 0) is 25.1 Å². The van der Waals surface area contributed by atoms with Crippen LogP contribution in [0, 0.1) is 12.7 Å². The van der Waals surface area contributed by atoms with Crippen LogP contribution >= 0.6 is 0 Å². The maximum atomic E-state index is 13.4. The first-order valence-corrected chi connectivity index (χ1v) is 4.97. The van der Waals surface area contributed by atoms with Crippen LogP contribution < -0.4 is 0 Å². The zero-order valence-electron chi connectivity index (χ0n) is 8.96. The summed E-state index contributed by atoms with van der Waals surface area (Å²) in [6, 6.07) is 5.32. The highest BCUT2D eigenvalue weighted by Crippen LogP contribution is 2.22. The van der Waals surface area contributed by atoms with Crippen LogP contribution in [-0.2, 0) is 11.3 Å². The molecule has 80 valence electrons. The van der Waals surface area contributed by atoms with Gasteiger partial charge < -0.3 is 9.30 Å². The molecule has 0 unspecified atom stereocenters. The Hall–Kier alpha value is -1.35. The van der Waals surface area contributed by atoms with E-state index in [4.69, 9.17) is 4.74 Å². The molecule has 1 heterocycles. The number of halogens is 1. The smallest absolute Gasteiger partial charge is 0.128 e. The van der Waals surface area contributed by atoms with Crippen molar-refractivity contribution in [2.75, 3.05) is 13.7 Å². The van der Waals surface area contributed by atoms with Crippen LogP contribution in [0.25, 0.3) is 10.9 Å². The van der Waals surface area contributed by atoms with Gasteiger partial charge in [0.25, 0.3) is 0 Å². The fraction of sp³-hybridized carbons (Fsp3) is 0.333. The number of fused-ring (bicyclic) bond motifs is 1. The molecule has 0 aliphatic carbocycles. The minimum atomic E-state index is -0.153. The molecule has 2 nitrogen and oxygen atoms in total. The molecule has 0 amide bonds. The summed E-state index contributed by atoms with van der Waals surface area (Å²) in [4.78, 5) is 0. The number of methoxy groups -OCH3 is 1. The topological polar surface area (TPSA) is 14.2 Å². The molecule has 2 aromatic rings. The van der Waals surface area contributed by atoms with E-state index in [-0.39, 0.29) is 5.82 Å². The van der Waals surface area contributed by atoms with Crippen LogP contribution in [0.2, 0.25) is 0 Å². The van der Waals surface area contributed by atoms with E-state index in [1.807, 2.05) is 16.8 Å². The first-order chi connectivity index (χ1) is 7.24. The Morgan fingerprint density at radius 1 is 1.33 bits per heavy atom. The molecule has 1 aromatic heterocycles. The predicted octanol–water partition coefficient (Wildman–Crippen LogP) is 2.74. The second-order valence-corrected chi connectivity index (χ2v) is 3.61. The number of nitrogens with zero attached hydrogens (tertiary/aromatic N) is 1. The highest BCUT2D eigenvalue weighted by Gasteiger charge is 2.07. The Labute approximate surface area is 88.3 Å². The summed E-state index contributed by atoms with van der Waals surface area (Å²) >= 11 is 0. The Kier molecular flexibility index (Phi) is 2.73. The van der Waals surface area contributed by atoms with E-state index in [1.54, 1.807) is 20.1 Å². The molecule has 0 radical (unpaired) electrons. The van der Waals surface area contributed by atoms with Crippen LogP contribution in [0.1, 0.15) is 5.56 Å². The molecular formula is C12H14FNO. The molecule has 0 saturated carbocycles. The molecule has 15 heavy (non-hydrogen) atoms. The molecule has 1 aromatic carbocycles. The SMILES string of the molecule is COCCn1ccc2ccc(F)c(C)c21. The quantitative estimate of drug-likeness (QED) is 0.754. The first kappa shape index (κ1) is 10.2. The van der Waals surface area contributed by atoms with Crippen LogP contribution in [0.3, 0.4) is 0 Å². The van der Waals surface area contributed by atoms with E-state index in [1.165, 1.54) is 6.07 Å². The van der Waals surface area contributed by atoms with Crippen LogP contribution in [-0.4, -0.2) is 18.3 Å². The molecular weight excluding hydrogens is 193 g/mol. The second-order valence-electron chi connectivity index (χ2n) is 3.61. The summed E-state index contributed by atoms with van der Waals surface area (Å²) < 4.78 is 20.4. The maximum Gasteiger partial charge on any atom is 0.128 e. The van der Waals surface area contributed by atoms with E-state index < -0.39 is 0 Å². The van der Waals surface area contributed by atoms with E-state index in [9.17, 15) is 4.39 Å². The molecule has 0 N–H and O–H groups in total. The third kappa shape index (κ3) is 1.75. The van der Waals surface area contributed by atoms with Crippen molar-refractivity contribution in [1.82, 2.24) is 4.57 Å². The zero-order chi connectivity index (χ0) is 10.8. The number of rotatable bonds is 3. The Bertz CT molecular complexity index is 476. The molecule has 0 bridgehead atoms. The second kappa shape index (κ2) is 4.03. The summed E-state index contributed by atoms with van der Waals surface area (Å²) in [6.45, 7) is 3.20. The molecule has 0 saturated heterocycles. The standard InChI is InChI=1S/C12H14FNO/c1-9-11(13)4-3-10-5-6-14(12(9)10)7-8-15-2/h3-6H,7-8H2,1-2H3. The van der Waals surface area contributed by atoms with Gasteiger partial charge in [-0.3, -0.25) is 0 Å². The Morgan fingerprint density at radius 3 is 2.87 bits per heavy atom. The lowest BCUT2D eigenvalue weighted by Crippen LogP contribution is -2.03. The van der Waals surface area contributed by atoms with E-state index in [0.29, 0.717) is 12.2 Å². The minimum absolute atomic E-state index is 0.153.